The van der Waals surface area contributed by atoms with Gasteiger partial charge in [0.1, 0.15) is 5.75 Å². The fraction of sp³-hybridized carbons (Fsp3) is 0.280. The second-order valence-electron chi connectivity index (χ2n) is 8.14. The number of para-hydroxylation sites is 1. The Morgan fingerprint density at radius 2 is 1.91 bits per heavy atom. The summed E-state index contributed by atoms with van der Waals surface area (Å²) in [6, 6.07) is 15.7. The number of fused-ring (bicyclic) bond motifs is 3. The van der Waals surface area contributed by atoms with Gasteiger partial charge in [-0.3, -0.25) is 0 Å². The van der Waals surface area contributed by atoms with Crippen LogP contribution in [-0.2, 0) is 0 Å². The van der Waals surface area contributed by atoms with Crippen molar-refractivity contribution in [3.8, 4) is 17.1 Å². The van der Waals surface area contributed by atoms with Crippen LogP contribution >= 0.6 is 0 Å². The largest absolute Gasteiger partial charge is 0.497 e. The molecular weight excluding hydrogens is 430 g/mol. The number of hydrogen-bond donors (Lipinski definition) is 1. The Morgan fingerprint density at radius 1 is 1.09 bits per heavy atom. The lowest BCUT2D eigenvalue weighted by Gasteiger charge is -2.24. The third-order valence-corrected chi connectivity index (χ3v) is 6.04. The summed E-state index contributed by atoms with van der Waals surface area (Å²) in [6.45, 7) is 6.83. The van der Waals surface area contributed by atoms with Gasteiger partial charge in [0.2, 0.25) is 5.95 Å². The highest BCUT2D eigenvalue weighted by molar-refractivity contribution is 5.93. The van der Waals surface area contributed by atoms with Crippen LogP contribution in [0.25, 0.3) is 27.9 Å². The van der Waals surface area contributed by atoms with Crippen LogP contribution in [0.15, 0.2) is 61.2 Å². The minimum atomic E-state index is -0.0680. The lowest BCUT2D eigenvalue weighted by atomic mass is 10.2. The number of ether oxygens (including phenoxy) is 1. The van der Waals surface area contributed by atoms with Gasteiger partial charge >= 0.3 is 6.03 Å². The number of nitrogens with zero attached hydrogens (tertiary/aromatic N) is 6. The maximum Gasteiger partial charge on any atom is 0.317 e. The molecule has 2 aromatic heterocycles. The van der Waals surface area contributed by atoms with Crippen molar-refractivity contribution in [1.29, 1.82) is 0 Å². The Labute approximate surface area is 197 Å². The molecule has 0 unspecified atom stereocenters. The zero-order valence-electron chi connectivity index (χ0n) is 19.1. The highest BCUT2D eigenvalue weighted by Gasteiger charge is 2.24. The van der Waals surface area contributed by atoms with Gasteiger partial charge in [-0.05, 0) is 42.8 Å². The number of carbonyl (C=O) groups is 1. The number of hydrogen-bond acceptors (Lipinski definition) is 6. The first-order chi connectivity index (χ1) is 16.7. The third kappa shape index (κ3) is 4.00. The second-order valence-corrected chi connectivity index (χ2v) is 8.14. The predicted octanol–water partition coefficient (Wildman–Crippen LogP) is 3.36. The summed E-state index contributed by atoms with van der Waals surface area (Å²) in [5, 5.41) is 12.9. The monoisotopic (exact) mass is 457 g/mol. The van der Waals surface area contributed by atoms with E-state index in [9.17, 15) is 4.79 Å². The number of aromatic nitrogens is 4. The van der Waals surface area contributed by atoms with E-state index in [4.69, 9.17) is 9.72 Å². The average molecular weight is 458 g/mol. The van der Waals surface area contributed by atoms with E-state index in [1.807, 2.05) is 57.8 Å². The van der Waals surface area contributed by atoms with Crippen LogP contribution in [0.2, 0.25) is 0 Å². The van der Waals surface area contributed by atoms with E-state index in [1.54, 1.807) is 13.2 Å². The van der Waals surface area contributed by atoms with Crippen molar-refractivity contribution in [1.82, 2.24) is 29.8 Å². The molecule has 0 spiro atoms. The Morgan fingerprint density at radius 3 is 2.71 bits per heavy atom. The Bertz CT molecular complexity index is 1330. The first-order valence-corrected chi connectivity index (χ1v) is 11.4. The minimum absolute atomic E-state index is 0.0680. The van der Waals surface area contributed by atoms with Crippen LogP contribution in [0.1, 0.15) is 6.42 Å². The quantitative estimate of drug-likeness (QED) is 0.463. The lowest BCUT2D eigenvalue weighted by Crippen LogP contribution is -2.42. The molecule has 4 aromatic rings. The van der Waals surface area contributed by atoms with Crippen LogP contribution in [-0.4, -0.2) is 70.3 Å². The normalized spacial score (nSPS) is 14.3. The van der Waals surface area contributed by atoms with Gasteiger partial charge in [-0.1, -0.05) is 18.2 Å². The van der Waals surface area contributed by atoms with E-state index in [2.05, 4.69) is 27.0 Å². The van der Waals surface area contributed by atoms with Crippen LogP contribution < -0.4 is 15.0 Å². The standard InChI is InChI=1S/C25H27N7O2/c1-3-13-26-25(33)31-15-6-14-30(16-17-31)24-27-21-8-5-4-7-20(21)23-29-28-22(32(23)24)18-9-11-19(34-2)12-10-18/h3-5,7-12H,1,6,13-17H2,2H3,(H,26,33). The maximum absolute atomic E-state index is 12.5. The van der Waals surface area contributed by atoms with E-state index in [0.717, 1.165) is 52.6 Å². The van der Waals surface area contributed by atoms with Gasteiger partial charge in [0.05, 0.1) is 12.6 Å². The van der Waals surface area contributed by atoms with Gasteiger partial charge in [-0.2, -0.15) is 0 Å². The number of anilines is 1. The molecule has 0 aliphatic carbocycles. The molecule has 0 atom stereocenters. The number of carbonyl (C=O) groups excluding carboxylic acids is 1. The molecular formula is C25H27N7O2. The molecule has 2 aromatic carbocycles. The molecule has 174 valence electrons. The first-order valence-electron chi connectivity index (χ1n) is 11.4. The van der Waals surface area contributed by atoms with Crippen LogP contribution in [0.3, 0.4) is 0 Å². The van der Waals surface area contributed by atoms with Crippen LogP contribution in [0.5, 0.6) is 5.75 Å². The van der Waals surface area contributed by atoms with Crippen molar-refractivity contribution >= 4 is 28.5 Å². The molecule has 1 aliphatic rings. The number of benzene rings is 2. The molecule has 9 heteroatoms. The zero-order chi connectivity index (χ0) is 23.5. The van der Waals surface area contributed by atoms with Crippen molar-refractivity contribution in [2.24, 2.45) is 0 Å². The zero-order valence-corrected chi connectivity index (χ0v) is 19.1. The highest BCUT2D eigenvalue weighted by atomic mass is 16.5. The van der Waals surface area contributed by atoms with Crippen molar-refractivity contribution in [2.75, 3.05) is 44.7 Å². The number of rotatable bonds is 5. The van der Waals surface area contributed by atoms with Gasteiger partial charge in [0, 0.05) is 43.7 Å². The van der Waals surface area contributed by atoms with E-state index in [-0.39, 0.29) is 6.03 Å². The van der Waals surface area contributed by atoms with E-state index in [1.165, 1.54) is 0 Å². The molecule has 34 heavy (non-hydrogen) atoms. The van der Waals surface area contributed by atoms with E-state index < -0.39 is 0 Å². The number of urea groups is 1. The number of nitrogens with one attached hydrogen (secondary N) is 1. The van der Waals surface area contributed by atoms with Crippen molar-refractivity contribution < 1.29 is 9.53 Å². The Kier molecular flexibility index (Phi) is 5.99. The summed E-state index contributed by atoms with van der Waals surface area (Å²) in [6.07, 6.45) is 2.52. The average Bonchev–Trinajstić information content (AvgIpc) is 3.18. The van der Waals surface area contributed by atoms with Crippen LogP contribution in [0, 0.1) is 0 Å². The summed E-state index contributed by atoms with van der Waals surface area (Å²) in [5.41, 5.74) is 2.55. The maximum atomic E-state index is 12.5. The fourth-order valence-electron chi connectivity index (χ4n) is 4.30. The summed E-state index contributed by atoms with van der Waals surface area (Å²) >= 11 is 0. The topological polar surface area (TPSA) is 87.9 Å². The highest BCUT2D eigenvalue weighted by Crippen LogP contribution is 2.29. The third-order valence-electron chi connectivity index (χ3n) is 6.04. The van der Waals surface area contributed by atoms with Crippen molar-refractivity contribution in [2.45, 2.75) is 6.42 Å². The lowest BCUT2D eigenvalue weighted by molar-refractivity contribution is 0.202. The van der Waals surface area contributed by atoms with Gasteiger partial charge in [-0.15, -0.1) is 16.8 Å². The van der Waals surface area contributed by atoms with Gasteiger partial charge < -0.3 is 19.9 Å². The van der Waals surface area contributed by atoms with Crippen molar-refractivity contribution in [3.63, 3.8) is 0 Å². The summed E-state index contributed by atoms with van der Waals surface area (Å²) in [4.78, 5) is 21.6. The fourth-order valence-corrected chi connectivity index (χ4v) is 4.30. The first kappa shape index (κ1) is 21.7. The predicted molar refractivity (Wildman–Crippen MR) is 132 cm³/mol. The molecule has 1 N–H and O–H groups in total. The minimum Gasteiger partial charge on any atom is -0.497 e. The van der Waals surface area contributed by atoms with Gasteiger partial charge in [0.15, 0.2) is 11.5 Å². The Balaban J connectivity index is 1.57. The molecule has 3 heterocycles. The summed E-state index contributed by atoms with van der Waals surface area (Å²) in [5.74, 6) is 2.28. The molecule has 5 rings (SSSR count). The molecule has 1 saturated heterocycles. The smallest absolute Gasteiger partial charge is 0.317 e. The van der Waals surface area contributed by atoms with E-state index in [0.29, 0.717) is 26.2 Å². The molecule has 1 aliphatic heterocycles. The molecule has 9 nitrogen and oxygen atoms in total. The SMILES string of the molecule is C=CCNC(=O)N1CCCN(c2nc3ccccc3c3nnc(-c4ccc(OC)cc4)n23)CC1. The molecule has 1 fully saturated rings. The molecule has 0 radical (unpaired) electrons. The van der Waals surface area contributed by atoms with Gasteiger partial charge in [0.25, 0.3) is 0 Å². The Hall–Kier alpha value is -4.14. The second kappa shape index (κ2) is 9.38. The molecule has 0 saturated carbocycles. The summed E-state index contributed by atoms with van der Waals surface area (Å²) < 4.78 is 7.34. The molecule has 0 bridgehead atoms. The molecule has 2 amide bonds. The number of amides is 2. The van der Waals surface area contributed by atoms with Crippen LogP contribution in [0.4, 0.5) is 10.7 Å². The number of methoxy groups -OCH3 is 1. The van der Waals surface area contributed by atoms with E-state index >= 15 is 0 Å². The van der Waals surface area contributed by atoms with Gasteiger partial charge in [-0.25, -0.2) is 14.2 Å². The van der Waals surface area contributed by atoms with Crippen molar-refractivity contribution in [3.05, 3.63) is 61.2 Å². The summed E-state index contributed by atoms with van der Waals surface area (Å²) in [7, 11) is 1.65.